The van der Waals surface area contributed by atoms with E-state index in [9.17, 15) is 9.90 Å². The first-order valence-electron chi connectivity index (χ1n) is 7.51. The Balaban J connectivity index is 1.97. The van der Waals surface area contributed by atoms with Crippen LogP contribution in [-0.2, 0) is 4.74 Å². The quantitative estimate of drug-likeness (QED) is 0.838. The Hall–Kier alpha value is -0.770. The topological polar surface area (TPSA) is 49.8 Å². The second-order valence-corrected chi connectivity index (χ2v) is 7.01. The molecule has 1 saturated heterocycles. The number of ether oxygens (including phenoxy) is 1. The van der Waals surface area contributed by atoms with Crippen LogP contribution in [0.3, 0.4) is 0 Å². The van der Waals surface area contributed by atoms with Crippen LogP contribution in [-0.4, -0.2) is 40.9 Å². The molecule has 110 valence electrons. The average Bonchev–Trinajstić information content (AvgIpc) is 2.95. The van der Waals surface area contributed by atoms with Gasteiger partial charge in [-0.05, 0) is 39.0 Å². The maximum atomic E-state index is 12.2. The lowest BCUT2D eigenvalue weighted by Gasteiger charge is -2.27. The average molecular weight is 269 g/mol. The highest BCUT2D eigenvalue weighted by Gasteiger charge is 2.40. The van der Waals surface area contributed by atoms with E-state index < -0.39 is 5.60 Å². The first kappa shape index (κ1) is 14.6. The van der Waals surface area contributed by atoms with E-state index in [-0.39, 0.29) is 18.7 Å². The SMILES string of the molecule is CC(C)(C)OC(=O)N1CC(C2CCCC2)CC1CO. The van der Waals surface area contributed by atoms with Gasteiger partial charge in [0.15, 0.2) is 0 Å². The monoisotopic (exact) mass is 269 g/mol. The summed E-state index contributed by atoms with van der Waals surface area (Å²) in [5.41, 5.74) is -0.470. The van der Waals surface area contributed by atoms with Gasteiger partial charge in [-0.25, -0.2) is 4.79 Å². The van der Waals surface area contributed by atoms with Crippen molar-refractivity contribution in [3.05, 3.63) is 0 Å². The highest BCUT2D eigenvalue weighted by molar-refractivity contribution is 5.69. The third-order valence-corrected chi connectivity index (χ3v) is 4.35. The molecule has 0 spiro atoms. The van der Waals surface area contributed by atoms with Crippen molar-refractivity contribution in [1.29, 1.82) is 0 Å². The van der Waals surface area contributed by atoms with Crippen LogP contribution >= 0.6 is 0 Å². The standard InChI is InChI=1S/C15H27NO3/c1-15(2,3)19-14(18)16-9-12(8-13(16)10-17)11-6-4-5-7-11/h11-13,17H,4-10H2,1-3H3. The Kier molecular flexibility index (Phi) is 4.39. The molecule has 0 radical (unpaired) electrons. The van der Waals surface area contributed by atoms with Gasteiger partial charge in [0.05, 0.1) is 12.6 Å². The van der Waals surface area contributed by atoms with E-state index in [0.29, 0.717) is 5.92 Å². The molecule has 2 fully saturated rings. The van der Waals surface area contributed by atoms with Crippen molar-refractivity contribution in [2.24, 2.45) is 11.8 Å². The van der Waals surface area contributed by atoms with Gasteiger partial charge in [-0.2, -0.15) is 0 Å². The van der Waals surface area contributed by atoms with E-state index in [4.69, 9.17) is 4.74 Å². The molecule has 1 N–H and O–H groups in total. The molecule has 1 aliphatic carbocycles. The number of likely N-dealkylation sites (tertiary alicyclic amines) is 1. The summed E-state index contributed by atoms with van der Waals surface area (Å²) in [6.45, 7) is 6.43. The highest BCUT2D eigenvalue weighted by atomic mass is 16.6. The maximum absolute atomic E-state index is 12.2. The maximum Gasteiger partial charge on any atom is 0.410 e. The zero-order chi connectivity index (χ0) is 14.0. The Morgan fingerprint density at radius 2 is 1.89 bits per heavy atom. The lowest BCUT2D eigenvalue weighted by atomic mass is 9.89. The van der Waals surface area contributed by atoms with Crippen LogP contribution in [0.1, 0.15) is 52.9 Å². The zero-order valence-electron chi connectivity index (χ0n) is 12.4. The van der Waals surface area contributed by atoms with Gasteiger partial charge in [-0.3, -0.25) is 0 Å². The molecule has 1 aliphatic heterocycles. The molecule has 2 atom stereocenters. The molecule has 2 rings (SSSR count). The van der Waals surface area contributed by atoms with Crippen molar-refractivity contribution < 1.29 is 14.6 Å². The molecule has 4 nitrogen and oxygen atoms in total. The fraction of sp³-hybridized carbons (Fsp3) is 0.933. The molecule has 0 aromatic carbocycles. The molecule has 2 unspecified atom stereocenters. The van der Waals surface area contributed by atoms with Gasteiger partial charge in [0.25, 0.3) is 0 Å². The van der Waals surface area contributed by atoms with Crippen LogP contribution in [0.15, 0.2) is 0 Å². The third kappa shape index (κ3) is 3.62. The van der Waals surface area contributed by atoms with Gasteiger partial charge in [0.1, 0.15) is 5.60 Å². The van der Waals surface area contributed by atoms with Crippen LogP contribution in [0.2, 0.25) is 0 Å². The number of nitrogens with zero attached hydrogens (tertiary/aromatic N) is 1. The summed E-state index contributed by atoms with van der Waals surface area (Å²) in [4.78, 5) is 13.9. The summed E-state index contributed by atoms with van der Waals surface area (Å²) in [6, 6.07) is -0.0551. The molecular weight excluding hydrogens is 242 g/mol. The van der Waals surface area contributed by atoms with Crippen molar-refractivity contribution in [2.45, 2.75) is 64.5 Å². The summed E-state index contributed by atoms with van der Waals surface area (Å²) in [5.74, 6) is 1.29. The van der Waals surface area contributed by atoms with Crippen LogP contribution in [0, 0.1) is 11.8 Å². The molecule has 0 aromatic rings. The predicted octanol–water partition coefficient (Wildman–Crippen LogP) is 2.79. The highest BCUT2D eigenvalue weighted by Crippen LogP contribution is 2.38. The fourth-order valence-electron chi connectivity index (χ4n) is 3.44. The molecule has 4 heteroatoms. The number of amides is 1. The third-order valence-electron chi connectivity index (χ3n) is 4.35. The van der Waals surface area contributed by atoms with Gasteiger partial charge in [0, 0.05) is 6.54 Å². The number of carbonyl (C=O) groups is 1. The van der Waals surface area contributed by atoms with Crippen molar-refractivity contribution in [1.82, 2.24) is 4.90 Å². The zero-order valence-corrected chi connectivity index (χ0v) is 12.4. The van der Waals surface area contributed by atoms with E-state index in [1.165, 1.54) is 25.7 Å². The number of carbonyl (C=O) groups excluding carboxylic acids is 1. The van der Waals surface area contributed by atoms with Gasteiger partial charge >= 0.3 is 6.09 Å². The summed E-state index contributed by atoms with van der Waals surface area (Å²) < 4.78 is 5.44. The lowest BCUT2D eigenvalue weighted by Crippen LogP contribution is -2.41. The molecule has 1 saturated carbocycles. The minimum atomic E-state index is -0.470. The van der Waals surface area contributed by atoms with Gasteiger partial charge in [0.2, 0.25) is 0 Å². The van der Waals surface area contributed by atoms with E-state index in [1.807, 2.05) is 20.8 Å². The van der Waals surface area contributed by atoms with Crippen molar-refractivity contribution in [3.63, 3.8) is 0 Å². The second kappa shape index (κ2) is 5.70. The van der Waals surface area contributed by atoms with Gasteiger partial charge < -0.3 is 14.7 Å². The van der Waals surface area contributed by atoms with E-state index >= 15 is 0 Å². The molecule has 0 bridgehead atoms. The summed E-state index contributed by atoms with van der Waals surface area (Å²) >= 11 is 0. The van der Waals surface area contributed by atoms with Gasteiger partial charge in [-0.15, -0.1) is 0 Å². The smallest absolute Gasteiger partial charge is 0.410 e. The summed E-state index contributed by atoms with van der Waals surface area (Å²) in [6.07, 6.45) is 5.86. The van der Waals surface area contributed by atoms with Crippen LogP contribution in [0.4, 0.5) is 4.79 Å². The van der Waals surface area contributed by atoms with Crippen molar-refractivity contribution in [2.75, 3.05) is 13.2 Å². The molecule has 1 heterocycles. The van der Waals surface area contributed by atoms with E-state index in [0.717, 1.165) is 18.9 Å². The van der Waals surface area contributed by atoms with Crippen molar-refractivity contribution in [3.8, 4) is 0 Å². The number of aliphatic hydroxyl groups excluding tert-OH is 1. The summed E-state index contributed by atoms with van der Waals surface area (Å²) in [7, 11) is 0. The first-order chi connectivity index (χ1) is 8.90. The minimum absolute atomic E-state index is 0.0441. The normalized spacial score (nSPS) is 28.9. The molecule has 0 aromatic heterocycles. The minimum Gasteiger partial charge on any atom is -0.444 e. The second-order valence-electron chi connectivity index (χ2n) is 7.01. The van der Waals surface area contributed by atoms with E-state index in [1.54, 1.807) is 4.90 Å². The Morgan fingerprint density at radius 3 is 2.42 bits per heavy atom. The van der Waals surface area contributed by atoms with Crippen molar-refractivity contribution >= 4 is 6.09 Å². The number of aliphatic hydroxyl groups is 1. The van der Waals surface area contributed by atoms with Crippen LogP contribution in [0.5, 0.6) is 0 Å². The Morgan fingerprint density at radius 1 is 1.26 bits per heavy atom. The molecule has 2 aliphatic rings. The van der Waals surface area contributed by atoms with Crippen LogP contribution < -0.4 is 0 Å². The largest absolute Gasteiger partial charge is 0.444 e. The fourth-order valence-corrected chi connectivity index (χ4v) is 3.44. The molecular formula is C15H27NO3. The first-order valence-corrected chi connectivity index (χ1v) is 7.51. The molecule has 19 heavy (non-hydrogen) atoms. The van der Waals surface area contributed by atoms with Gasteiger partial charge in [-0.1, -0.05) is 25.7 Å². The lowest BCUT2D eigenvalue weighted by molar-refractivity contribution is 0.0170. The summed E-state index contributed by atoms with van der Waals surface area (Å²) in [5, 5.41) is 9.49. The Bertz CT molecular complexity index is 318. The number of rotatable bonds is 2. The Labute approximate surface area is 116 Å². The van der Waals surface area contributed by atoms with E-state index in [2.05, 4.69) is 0 Å². The molecule has 1 amide bonds. The number of hydrogen-bond donors (Lipinski definition) is 1. The predicted molar refractivity (Wildman–Crippen MR) is 73.9 cm³/mol. The number of hydrogen-bond acceptors (Lipinski definition) is 3. The van der Waals surface area contributed by atoms with Crippen LogP contribution in [0.25, 0.3) is 0 Å².